The van der Waals surface area contributed by atoms with E-state index in [0.717, 1.165) is 0 Å². The summed E-state index contributed by atoms with van der Waals surface area (Å²) < 4.78 is 31.2. The zero-order valence-electron chi connectivity index (χ0n) is 22.7. The number of methoxy groups -OCH3 is 1. The lowest BCUT2D eigenvalue weighted by Gasteiger charge is -2.21. The van der Waals surface area contributed by atoms with Gasteiger partial charge in [-0.15, -0.1) is 0 Å². The molecule has 0 saturated carbocycles. The molecule has 1 unspecified atom stereocenters. The van der Waals surface area contributed by atoms with E-state index in [-0.39, 0.29) is 40.9 Å². The van der Waals surface area contributed by atoms with Crippen LogP contribution in [-0.2, 0) is 25.8 Å². The molecule has 1 aromatic carbocycles. The summed E-state index contributed by atoms with van der Waals surface area (Å²) in [5, 5.41) is 16.9. The van der Waals surface area contributed by atoms with Gasteiger partial charge < -0.3 is 20.5 Å². The van der Waals surface area contributed by atoms with Crippen LogP contribution in [0.25, 0.3) is 0 Å². The van der Waals surface area contributed by atoms with Crippen molar-refractivity contribution in [2.45, 2.75) is 52.5 Å². The Morgan fingerprint density at radius 3 is 2.52 bits per heavy atom. The number of nitrogens with zero attached hydrogens (tertiary/aromatic N) is 2. The maximum atomic E-state index is 13.0. The summed E-state index contributed by atoms with van der Waals surface area (Å²) in [7, 11) is -2.49. The van der Waals surface area contributed by atoms with Crippen molar-refractivity contribution in [1.29, 1.82) is 0 Å². The fourth-order valence-corrected chi connectivity index (χ4v) is 5.68. The smallest absolute Gasteiger partial charge is 0.324 e. The second-order valence-electron chi connectivity index (χ2n) is 9.67. The molecular formula is C27H33N5O7S. The SMILES string of the molecule is COc1cccnc1NC(=O)Nc1ccc(CC(=O)NC(CC(C)C)C2=NC=C(CCC(=O)O)S2(=O)=O)cc1C. The summed E-state index contributed by atoms with van der Waals surface area (Å²) in [6.45, 7) is 5.58. The van der Waals surface area contributed by atoms with Gasteiger partial charge in [-0.25, -0.2) is 23.2 Å². The lowest BCUT2D eigenvalue weighted by Crippen LogP contribution is -2.44. The van der Waals surface area contributed by atoms with E-state index in [1.165, 1.54) is 19.5 Å². The quantitative estimate of drug-likeness (QED) is 0.298. The number of urea groups is 1. The predicted molar refractivity (Wildman–Crippen MR) is 151 cm³/mol. The van der Waals surface area contributed by atoms with Crippen LogP contribution < -0.4 is 20.7 Å². The monoisotopic (exact) mass is 571 g/mol. The number of carboxylic acid groups (broad SMARTS) is 1. The highest BCUT2D eigenvalue weighted by Crippen LogP contribution is 2.26. The molecule has 1 atom stereocenters. The minimum absolute atomic E-state index is 0.0281. The van der Waals surface area contributed by atoms with E-state index in [2.05, 4.69) is 25.9 Å². The summed E-state index contributed by atoms with van der Waals surface area (Å²) in [5.74, 6) is -0.779. The molecule has 0 fully saturated rings. The predicted octanol–water partition coefficient (Wildman–Crippen LogP) is 3.65. The summed E-state index contributed by atoms with van der Waals surface area (Å²) in [6.07, 6.45) is 2.50. The highest BCUT2D eigenvalue weighted by atomic mass is 32.2. The van der Waals surface area contributed by atoms with E-state index < -0.39 is 33.8 Å². The maximum Gasteiger partial charge on any atom is 0.324 e. The molecule has 4 N–H and O–H groups in total. The summed E-state index contributed by atoms with van der Waals surface area (Å²) in [5.41, 5.74) is 1.90. The number of aryl methyl sites for hydroxylation is 1. The molecule has 1 aliphatic heterocycles. The molecule has 3 amide bonds. The Morgan fingerprint density at radius 2 is 1.88 bits per heavy atom. The third-order valence-corrected chi connectivity index (χ3v) is 7.95. The van der Waals surface area contributed by atoms with E-state index >= 15 is 0 Å². The van der Waals surface area contributed by atoms with Gasteiger partial charge >= 0.3 is 12.0 Å². The van der Waals surface area contributed by atoms with Crippen molar-refractivity contribution in [3.8, 4) is 5.75 Å². The van der Waals surface area contributed by atoms with Crippen LogP contribution in [0.2, 0.25) is 0 Å². The molecule has 0 radical (unpaired) electrons. The number of aliphatic carboxylic acids is 1. The van der Waals surface area contributed by atoms with Crippen LogP contribution in [-0.4, -0.2) is 54.6 Å². The highest BCUT2D eigenvalue weighted by molar-refractivity contribution is 8.10. The van der Waals surface area contributed by atoms with Gasteiger partial charge in [-0.2, -0.15) is 0 Å². The van der Waals surface area contributed by atoms with Crippen LogP contribution in [0, 0.1) is 12.8 Å². The Kier molecular flexibility index (Phi) is 9.99. The number of hydrogen-bond acceptors (Lipinski definition) is 8. The number of nitrogens with one attached hydrogen (secondary N) is 3. The molecule has 0 spiro atoms. The van der Waals surface area contributed by atoms with Crippen molar-refractivity contribution in [2.75, 3.05) is 17.7 Å². The number of amides is 3. The zero-order valence-corrected chi connectivity index (χ0v) is 23.5. The highest BCUT2D eigenvalue weighted by Gasteiger charge is 2.36. The summed E-state index contributed by atoms with van der Waals surface area (Å²) in [6, 6.07) is 7.09. The average Bonchev–Trinajstić information content (AvgIpc) is 3.17. The molecule has 0 aliphatic carbocycles. The number of pyridine rings is 1. The molecular weight excluding hydrogens is 538 g/mol. The standard InChI is InChI=1S/C27H33N5O7S/c1-16(2)12-21(26-29-15-19(40(26,37)38)8-10-24(34)35)30-23(33)14-18-7-9-20(17(3)13-18)31-27(36)32-25-22(39-4)6-5-11-28-25/h5-7,9,11,13,15-16,21H,8,10,12,14H2,1-4H3,(H,30,33)(H,34,35)(H2,28,31,32,36). The molecule has 40 heavy (non-hydrogen) atoms. The largest absolute Gasteiger partial charge is 0.493 e. The number of benzene rings is 1. The molecule has 0 saturated heterocycles. The molecule has 2 heterocycles. The summed E-state index contributed by atoms with van der Waals surface area (Å²) in [4.78, 5) is 44.4. The van der Waals surface area contributed by atoms with E-state index in [1.807, 2.05) is 13.8 Å². The van der Waals surface area contributed by atoms with Gasteiger partial charge in [0.15, 0.2) is 16.6 Å². The number of ether oxygens (including phenoxy) is 1. The Morgan fingerprint density at radius 1 is 1.12 bits per heavy atom. The van der Waals surface area contributed by atoms with Crippen molar-refractivity contribution >= 4 is 44.3 Å². The van der Waals surface area contributed by atoms with Gasteiger partial charge in [-0.3, -0.25) is 14.9 Å². The lowest BCUT2D eigenvalue weighted by molar-refractivity contribution is -0.136. The fraction of sp³-hybridized carbons (Fsp3) is 0.370. The molecule has 214 valence electrons. The molecule has 13 heteroatoms. The van der Waals surface area contributed by atoms with Gasteiger partial charge in [0.1, 0.15) is 0 Å². The van der Waals surface area contributed by atoms with Gasteiger partial charge in [0, 0.05) is 18.1 Å². The minimum Gasteiger partial charge on any atom is -0.493 e. The second-order valence-corrected chi connectivity index (χ2v) is 11.6. The fourth-order valence-electron chi connectivity index (χ4n) is 4.12. The van der Waals surface area contributed by atoms with Crippen LogP contribution >= 0.6 is 0 Å². The lowest BCUT2D eigenvalue weighted by atomic mass is 10.0. The number of rotatable bonds is 12. The molecule has 3 rings (SSSR count). The first kappa shape index (κ1) is 30.3. The Hall–Kier alpha value is -4.26. The molecule has 0 bridgehead atoms. The number of carboxylic acids is 1. The van der Waals surface area contributed by atoms with Gasteiger partial charge in [0.2, 0.25) is 15.7 Å². The number of carbonyl (C=O) groups excluding carboxylic acids is 2. The number of aromatic nitrogens is 1. The van der Waals surface area contributed by atoms with Crippen molar-refractivity contribution in [1.82, 2.24) is 10.3 Å². The van der Waals surface area contributed by atoms with Crippen LogP contribution in [0.15, 0.2) is 52.6 Å². The molecule has 1 aromatic heterocycles. The zero-order chi connectivity index (χ0) is 29.4. The van der Waals surface area contributed by atoms with Crippen molar-refractivity contribution in [2.24, 2.45) is 10.9 Å². The van der Waals surface area contributed by atoms with E-state index in [4.69, 9.17) is 9.84 Å². The van der Waals surface area contributed by atoms with Gasteiger partial charge in [-0.1, -0.05) is 26.0 Å². The van der Waals surface area contributed by atoms with Crippen LogP contribution in [0.5, 0.6) is 5.75 Å². The van der Waals surface area contributed by atoms with Crippen LogP contribution in [0.3, 0.4) is 0 Å². The maximum absolute atomic E-state index is 13.0. The van der Waals surface area contributed by atoms with Gasteiger partial charge in [0.05, 0.1) is 30.9 Å². The number of anilines is 2. The summed E-state index contributed by atoms with van der Waals surface area (Å²) >= 11 is 0. The number of allylic oxidation sites excluding steroid dienone is 1. The van der Waals surface area contributed by atoms with Crippen LogP contribution in [0.1, 0.15) is 44.2 Å². The third-order valence-electron chi connectivity index (χ3n) is 6.01. The Labute approximate surface area is 232 Å². The van der Waals surface area contributed by atoms with E-state index in [9.17, 15) is 22.8 Å². The van der Waals surface area contributed by atoms with Crippen molar-refractivity contribution in [3.63, 3.8) is 0 Å². The first-order valence-electron chi connectivity index (χ1n) is 12.6. The second kappa shape index (κ2) is 13.2. The van der Waals surface area contributed by atoms with E-state index in [1.54, 1.807) is 37.3 Å². The first-order valence-corrected chi connectivity index (χ1v) is 14.1. The van der Waals surface area contributed by atoms with Crippen molar-refractivity contribution in [3.05, 3.63) is 58.8 Å². The van der Waals surface area contributed by atoms with Crippen LogP contribution in [0.4, 0.5) is 16.3 Å². The Balaban J connectivity index is 1.65. The van der Waals surface area contributed by atoms with Gasteiger partial charge in [-0.05, 0) is 55.0 Å². The average molecular weight is 572 g/mol. The Bertz CT molecular complexity index is 1450. The number of sulfone groups is 1. The van der Waals surface area contributed by atoms with Crippen molar-refractivity contribution < 1.29 is 32.6 Å². The molecule has 2 aromatic rings. The minimum atomic E-state index is -3.96. The third kappa shape index (κ3) is 7.88. The first-order chi connectivity index (χ1) is 18.9. The molecule has 12 nitrogen and oxygen atoms in total. The molecule has 1 aliphatic rings. The van der Waals surface area contributed by atoms with E-state index in [0.29, 0.717) is 29.0 Å². The number of carbonyl (C=O) groups is 3. The van der Waals surface area contributed by atoms with Gasteiger partial charge in [0.25, 0.3) is 0 Å². The number of hydrogen-bond donors (Lipinski definition) is 4. The normalized spacial score (nSPS) is 14.6. The number of aliphatic imine (C=N–C) groups is 1. The topological polar surface area (TPSA) is 176 Å².